The van der Waals surface area contributed by atoms with Gasteiger partial charge in [0.1, 0.15) is 0 Å². The van der Waals surface area contributed by atoms with Gasteiger partial charge in [-0.1, -0.05) is 18.2 Å². The van der Waals surface area contributed by atoms with Gasteiger partial charge in [0.25, 0.3) is 0 Å². The van der Waals surface area contributed by atoms with Gasteiger partial charge in [-0.25, -0.2) is 4.79 Å². The van der Waals surface area contributed by atoms with E-state index >= 15 is 0 Å². The largest absolute Gasteiger partial charge is 0.478 e. The predicted molar refractivity (Wildman–Crippen MR) is 88.1 cm³/mol. The predicted octanol–water partition coefficient (Wildman–Crippen LogP) is 2.30. The number of para-hydroxylation sites is 1. The summed E-state index contributed by atoms with van der Waals surface area (Å²) >= 11 is 0. The van der Waals surface area contributed by atoms with Gasteiger partial charge in [-0.15, -0.1) is 0 Å². The summed E-state index contributed by atoms with van der Waals surface area (Å²) in [6.07, 6.45) is 1.59. The molecule has 3 aromatic rings. The summed E-state index contributed by atoms with van der Waals surface area (Å²) in [4.78, 5) is 25.3. The first-order valence-electron chi connectivity index (χ1n) is 6.71. The van der Waals surface area contributed by atoms with Crippen LogP contribution < -0.4 is 11.5 Å². The molecule has 5 N–H and O–H groups in total. The Hall–Kier alpha value is -3.41. The van der Waals surface area contributed by atoms with Crippen molar-refractivity contribution in [2.45, 2.75) is 0 Å². The van der Waals surface area contributed by atoms with Crippen molar-refractivity contribution >= 4 is 28.5 Å². The molecule has 0 spiro atoms. The van der Waals surface area contributed by atoms with Crippen LogP contribution in [0.2, 0.25) is 0 Å². The normalized spacial score (nSPS) is 9.74. The highest BCUT2D eigenvalue weighted by molar-refractivity contribution is 6.01. The standard InChI is InChI=1S/C10H7NO2.C7H8N2O/c12-10(13)8-5-1-3-7-4-2-6-11-9(7)8;8-6-3-1-5(2-4-6)7(9)10/h1-6H,(H,12,13);1-4H,8H2,(H2,9,10). The Morgan fingerprint density at radius 1 is 0.957 bits per heavy atom. The lowest BCUT2D eigenvalue weighted by atomic mass is 10.1. The molecule has 6 nitrogen and oxygen atoms in total. The number of fused-ring (bicyclic) bond motifs is 1. The Morgan fingerprint density at radius 3 is 2.22 bits per heavy atom. The molecule has 0 saturated heterocycles. The van der Waals surface area contributed by atoms with Crippen molar-refractivity contribution in [2.24, 2.45) is 5.73 Å². The first kappa shape index (κ1) is 16.0. The van der Waals surface area contributed by atoms with Gasteiger partial charge in [0, 0.05) is 22.8 Å². The first-order chi connectivity index (χ1) is 11.0. The maximum Gasteiger partial charge on any atom is 0.337 e. The van der Waals surface area contributed by atoms with E-state index in [-0.39, 0.29) is 5.56 Å². The molecule has 0 radical (unpaired) electrons. The third kappa shape index (κ3) is 4.04. The van der Waals surface area contributed by atoms with Crippen molar-refractivity contribution in [1.29, 1.82) is 0 Å². The Balaban J connectivity index is 0.000000174. The van der Waals surface area contributed by atoms with Crippen LogP contribution in [-0.4, -0.2) is 22.0 Å². The number of nitrogen functional groups attached to an aromatic ring is 1. The second-order valence-electron chi connectivity index (χ2n) is 4.67. The zero-order chi connectivity index (χ0) is 16.8. The smallest absolute Gasteiger partial charge is 0.337 e. The molecule has 0 atom stereocenters. The second kappa shape index (κ2) is 7.04. The van der Waals surface area contributed by atoms with E-state index in [0.717, 1.165) is 5.39 Å². The fourth-order valence-electron chi connectivity index (χ4n) is 1.92. The molecule has 23 heavy (non-hydrogen) atoms. The summed E-state index contributed by atoms with van der Waals surface area (Å²) in [7, 11) is 0. The summed E-state index contributed by atoms with van der Waals surface area (Å²) in [6.45, 7) is 0. The van der Waals surface area contributed by atoms with Gasteiger partial charge in [-0.2, -0.15) is 0 Å². The molecule has 0 saturated carbocycles. The minimum Gasteiger partial charge on any atom is -0.478 e. The van der Waals surface area contributed by atoms with E-state index in [2.05, 4.69) is 4.98 Å². The van der Waals surface area contributed by atoms with E-state index in [0.29, 0.717) is 16.8 Å². The number of pyridine rings is 1. The summed E-state index contributed by atoms with van der Waals surface area (Å²) < 4.78 is 0. The van der Waals surface area contributed by atoms with Gasteiger partial charge in [-0.3, -0.25) is 9.78 Å². The van der Waals surface area contributed by atoms with Crippen molar-refractivity contribution < 1.29 is 14.7 Å². The first-order valence-corrected chi connectivity index (χ1v) is 6.71. The molecule has 1 amide bonds. The van der Waals surface area contributed by atoms with Crippen molar-refractivity contribution in [3.05, 3.63) is 71.9 Å². The lowest BCUT2D eigenvalue weighted by Crippen LogP contribution is -2.10. The number of amides is 1. The van der Waals surface area contributed by atoms with Gasteiger partial charge < -0.3 is 16.6 Å². The minimum absolute atomic E-state index is 0.248. The number of aromatic nitrogens is 1. The molecule has 1 aromatic heterocycles. The Morgan fingerprint density at radius 2 is 1.61 bits per heavy atom. The number of carboxylic acid groups (broad SMARTS) is 1. The number of anilines is 1. The number of benzene rings is 2. The molecule has 1 heterocycles. The average Bonchev–Trinajstić information content (AvgIpc) is 2.55. The van der Waals surface area contributed by atoms with E-state index in [1.807, 2.05) is 12.1 Å². The van der Waals surface area contributed by atoms with Gasteiger partial charge >= 0.3 is 5.97 Å². The number of hydrogen-bond acceptors (Lipinski definition) is 4. The highest BCUT2D eigenvalue weighted by atomic mass is 16.4. The quantitative estimate of drug-likeness (QED) is 0.627. The third-order valence-electron chi connectivity index (χ3n) is 3.06. The molecule has 0 aliphatic carbocycles. The van der Waals surface area contributed by atoms with Crippen molar-refractivity contribution in [3.8, 4) is 0 Å². The van der Waals surface area contributed by atoms with Crippen LogP contribution in [0.3, 0.4) is 0 Å². The van der Waals surface area contributed by atoms with Gasteiger partial charge in [0.15, 0.2) is 0 Å². The summed E-state index contributed by atoms with van der Waals surface area (Å²) in [6, 6.07) is 15.2. The molecule has 0 unspecified atom stereocenters. The number of carbonyl (C=O) groups is 2. The van der Waals surface area contributed by atoms with Crippen molar-refractivity contribution in [1.82, 2.24) is 4.98 Å². The molecule has 116 valence electrons. The number of aromatic carboxylic acids is 1. The fourth-order valence-corrected chi connectivity index (χ4v) is 1.92. The van der Waals surface area contributed by atoms with Crippen LogP contribution in [0.1, 0.15) is 20.7 Å². The van der Waals surface area contributed by atoms with Gasteiger partial charge in [0.2, 0.25) is 5.91 Å². The third-order valence-corrected chi connectivity index (χ3v) is 3.06. The Kier molecular flexibility index (Phi) is 4.89. The van der Waals surface area contributed by atoms with Crippen LogP contribution in [0.4, 0.5) is 5.69 Å². The number of carbonyl (C=O) groups excluding carboxylic acids is 1. The Labute approximate surface area is 132 Å². The zero-order valence-corrected chi connectivity index (χ0v) is 12.1. The summed E-state index contributed by atoms with van der Waals surface area (Å²) in [5, 5.41) is 9.69. The van der Waals surface area contributed by atoms with E-state index in [9.17, 15) is 9.59 Å². The lowest BCUT2D eigenvalue weighted by Gasteiger charge is -1.99. The number of hydrogen-bond donors (Lipinski definition) is 3. The molecule has 0 aliphatic rings. The van der Waals surface area contributed by atoms with Crippen molar-refractivity contribution in [3.63, 3.8) is 0 Å². The Bertz CT molecular complexity index is 840. The van der Waals surface area contributed by atoms with Gasteiger partial charge in [0.05, 0.1) is 11.1 Å². The number of nitrogens with zero attached hydrogens (tertiary/aromatic N) is 1. The van der Waals surface area contributed by atoms with E-state index in [4.69, 9.17) is 16.6 Å². The SMILES string of the molecule is NC(=O)c1ccc(N)cc1.O=C(O)c1cccc2cccnc12. The second-order valence-corrected chi connectivity index (χ2v) is 4.67. The van der Waals surface area contributed by atoms with Gasteiger partial charge in [-0.05, 0) is 36.4 Å². The highest BCUT2D eigenvalue weighted by Gasteiger charge is 2.07. The summed E-state index contributed by atoms with van der Waals surface area (Å²) in [5.74, 6) is -1.37. The molecule has 2 aromatic carbocycles. The fraction of sp³-hybridized carbons (Fsp3) is 0. The maximum absolute atomic E-state index is 10.8. The monoisotopic (exact) mass is 309 g/mol. The van der Waals surface area contributed by atoms with Crippen LogP contribution >= 0.6 is 0 Å². The summed E-state index contributed by atoms with van der Waals surface area (Å²) in [5.41, 5.74) is 12.3. The lowest BCUT2D eigenvalue weighted by molar-refractivity contribution is 0.0698. The number of carboxylic acids is 1. The van der Waals surface area contributed by atoms with Crippen molar-refractivity contribution in [2.75, 3.05) is 5.73 Å². The molecular weight excluding hydrogens is 294 g/mol. The molecule has 3 rings (SSSR count). The molecule has 0 bridgehead atoms. The van der Waals surface area contributed by atoms with Crippen LogP contribution in [0, 0.1) is 0 Å². The molecule has 6 heteroatoms. The average molecular weight is 309 g/mol. The molecular formula is C17H15N3O3. The van der Waals surface area contributed by atoms with E-state index in [1.165, 1.54) is 0 Å². The number of rotatable bonds is 2. The topological polar surface area (TPSA) is 119 Å². The zero-order valence-electron chi connectivity index (χ0n) is 12.1. The maximum atomic E-state index is 10.8. The number of nitrogens with two attached hydrogens (primary N) is 2. The highest BCUT2D eigenvalue weighted by Crippen LogP contribution is 2.15. The van der Waals surface area contributed by atoms with Crippen LogP contribution in [-0.2, 0) is 0 Å². The van der Waals surface area contributed by atoms with E-state index < -0.39 is 11.9 Å². The van der Waals surface area contributed by atoms with Crippen LogP contribution in [0.5, 0.6) is 0 Å². The number of primary amides is 1. The van der Waals surface area contributed by atoms with Crippen LogP contribution in [0.15, 0.2) is 60.8 Å². The van der Waals surface area contributed by atoms with E-state index in [1.54, 1.807) is 48.7 Å². The minimum atomic E-state index is -0.940. The molecule has 0 fully saturated rings. The molecule has 0 aliphatic heterocycles. The van der Waals surface area contributed by atoms with Crippen LogP contribution in [0.25, 0.3) is 10.9 Å².